The number of nitrogens with two attached hydrogens (primary N) is 1. The van der Waals surface area contributed by atoms with E-state index in [9.17, 15) is 5.11 Å². The van der Waals surface area contributed by atoms with E-state index in [1.54, 1.807) is 12.2 Å². The Labute approximate surface area is 132 Å². The molecular weight excluding hydrogens is 274 g/mol. The molecule has 0 aromatic heterocycles. The van der Waals surface area contributed by atoms with Gasteiger partial charge in [0.2, 0.25) is 0 Å². The standard InChI is InChI=1S/C18H25N3O/c1-3-7-18(19)20-14(2)10-16-12-21(13-17(16)22)11-15-8-5-4-6-9-15/h3-9,16-17,22H,1,10-13,19H2,2H3/b18-7-,20-14+/t16-,17-/m0/s1. The summed E-state index contributed by atoms with van der Waals surface area (Å²) in [7, 11) is 0. The predicted octanol–water partition coefficient (Wildman–Crippen LogP) is 2.32. The zero-order valence-electron chi connectivity index (χ0n) is 13.2. The molecule has 0 saturated carbocycles. The second-order valence-electron chi connectivity index (χ2n) is 5.89. The van der Waals surface area contributed by atoms with Gasteiger partial charge in [0.05, 0.1) is 6.10 Å². The maximum absolute atomic E-state index is 10.3. The fourth-order valence-electron chi connectivity index (χ4n) is 2.92. The topological polar surface area (TPSA) is 61.8 Å². The number of aliphatic hydroxyl groups is 1. The summed E-state index contributed by atoms with van der Waals surface area (Å²) in [5, 5.41) is 10.3. The molecule has 0 amide bonds. The average molecular weight is 299 g/mol. The molecule has 1 aliphatic rings. The molecule has 1 aliphatic heterocycles. The number of hydrogen-bond acceptors (Lipinski definition) is 4. The predicted molar refractivity (Wildman–Crippen MR) is 91.4 cm³/mol. The van der Waals surface area contributed by atoms with Crippen molar-refractivity contribution in [2.45, 2.75) is 26.0 Å². The lowest BCUT2D eigenvalue weighted by Crippen LogP contribution is -2.21. The van der Waals surface area contributed by atoms with Crippen LogP contribution in [0.25, 0.3) is 0 Å². The number of aliphatic hydroxyl groups excluding tert-OH is 1. The van der Waals surface area contributed by atoms with Gasteiger partial charge in [0.15, 0.2) is 0 Å². The Morgan fingerprint density at radius 1 is 1.41 bits per heavy atom. The Bertz CT molecular complexity index is 551. The molecule has 1 heterocycles. The Balaban J connectivity index is 1.91. The van der Waals surface area contributed by atoms with E-state index in [0.717, 1.165) is 25.2 Å². The van der Waals surface area contributed by atoms with E-state index in [-0.39, 0.29) is 12.0 Å². The van der Waals surface area contributed by atoms with Crippen LogP contribution in [-0.4, -0.2) is 34.9 Å². The Morgan fingerprint density at radius 2 is 2.14 bits per heavy atom. The highest BCUT2D eigenvalue weighted by molar-refractivity contribution is 5.83. The fourth-order valence-corrected chi connectivity index (χ4v) is 2.92. The zero-order chi connectivity index (χ0) is 15.9. The van der Waals surface area contributed by atoms with E-state index in [4.69, 9.17) is 5.73 Å². The average Bonchev–Trinajstić information content (AvgIpc) is 2.79. The molecule has 3 N–H and O–H groups in total. The van der Waals surface area contributed by atoms with Crippen molar-refractivity contribution in [3.63, 3.8) is 0 Å². The van der Waals surface area contributed by atoms with Crippen molar-refractivity contribution in [3.05, 3.63) is 60.4 Å². The molecule has 0 unspecified atom stereocenters. The Kier molecular flexibility index (Phi) is 5.92. The monoisotopic (exact) mass is 299 g/mol. The summed E-state index contributed by atoms with van der Waals surface area (Å²) in [4.78, 5) is 6.62. The van der Waals surface area contributed by atoms with E-state index in [2.05, 4.69) is 28.6 Å². The van der Waals surface area contributed by atoms with Crippen LogP contribution in [0.1, 0.15) is 18.9 Å². The van der Waals surface area contributed by atoms with Crippen molar-refractivity contribution < 1.29 is 5.11 Å². The van der Waals surface area contributed by atoms with Crippen LogP contribution in [0.15, 0.2) is 59.9 Å². The number of rotatable bonds is 6. The first-order chi connectivity index (χ1) is 10.6. The molecule has 118 valence electrons. The number of allylic oxidation sites excluding steroid dienone is 2. The van der Waals surface area contributed by atoms with Crippen LogP contribution >= 0.6 is 0 Å². The van der Waals surface area contributed by atoms with Crippen LogP contribution in [0.4, 0.5) is 0 Å². The van der Waals surface area contributed by atoms with Gasteiger partial charge in [-0.1, -0.05) is 43.0 Å². The van der Waals surface area contributed by atoms with Gasteiger partial charge in [-0.3, -0.25) is 4.90 Å². The molecule has 1 aromatic rings. The second kappa shape index (κ2) is 7.92. The smallest absolute Gasteiger partial charge is 0.123 e. The van der Waals surface area contributed by atoms with Gasteiger partial charge in [0, 0.05) is 31.3 Å². The number of likely N-dealkylation sites (tertiary alicyclic amines) is 1. The summed E-state index contributed by atoms with van der Waals surface area (Å²) >= 11 is 0. The van der Waals surface area contributed by atoms with Crippen LogP contribution in [-0.2, 0) is 6.54 Å². The number of β-amino-alcohol motifs (C(OH)–C–C–N with tert-alkyl or cyclic N) is 1. The Hall–Kier alpha value is -1.91. The minimum Gasteiger partial charge on any atom is -0.391 e. The summed E-state index contributed by atoms with van der Waals surface area (Å²) in [5.41, 5.74) is 7.98. The quantitative estimate of drug-likeness (QED) is 0.626. The third kappa shape index (κ3) is 4.83. The molecule has 1 fully saturated rings. The van der Waals surface area contributed by atoms with Gasteiger partial charge in [-0.05, 0) is 25.0 Å². The van der Waals surface area contributed by atoms with E-state index >= 15 is 0 Å². The van der Waals surface area contributed by atoms with Crippen molar-refractivity contribution >= 4 is 5.71 Å². The number of benzene rings is 1. The summed E-state index contributed by atoms with van der Waals surface area (Å²) in [5.74, 6) is 0.671. The van der Waals surface area contributed by atoms with Gasteiger partial charge < -0.3 is 10.8 Å². The molecule has 1 aromatic carbocycles. The summed E-state index contributed by atoms with van der Waals surface area (Å²) < 4.78 is 0. The van der Waals surface area contributed by atoms with Gasteiger partial charge in [-0.15, -0.1) is 0 Å². The first kappa shape index (κ1) is 16.5. The molecule has 0 aliphatic carbocycles. The molecule has 1 saturated heterocycles. The van der Waals surface area contributed by atoms with E-state index < -0.39 is 0 Å². The highest BCUT2D eigenvalue weighted by Gasteiger charge is 2.31. The molecule has 4 heteroatoms. The van der Waals surface area contributed by atoms with E-state index in [1.165, 1.54) is 5.56 Å². The molecule has 22 heavy (non-hydrogen) atoms. The van der Waals surface area contributed by atoms with Crippen molar-refractivity contribution in [2.24, 2.45) is 16.6 Å². The summed E-state index contributed by atoms with van der Waals surface area (Å²) in [6.07, 6.45) is 3.76. The Morgan fingerprint density at radius 3 is 2.82 bits per heavy atom. The number of hydrogen-bond donors (Lipinski definition) is 2. The maximum atomic E-state index is 10.3. The third-order valence-electron chi connectivity index (χ3n) is 3.90. The lowest BCUT2D eigenvalue weighted by molar-refractivity contribution is 0.143. The highest BCUT2D eigenvalue weighted by atomic mass is 16.3. The molecule has 0 radical (unpaired) electrons. The van der Waals surface area contributed by atoms with Crippen molar-refractivity contribution in [3.8, 4) is 0 Å². The molecule has 4 nitrogen and oxygen atoms in total. The number of aliphatic imine (C=N–C) groups is 1. The molecule has 2 rings (SSSR count). The molecular formula is C18H25N3O. The van der Waals surface area contributed by atoms with Gasteiger partial charge in [0.25, 0.3) is 0 Å². The van der Waals surface area contributed by atoms with Crippen LogP contribution in [0, 0.1) is 5.92 Å². The van der Waals surface area contributed by atoms with Gasteiger partial charge >= 0.3 is 0 Å². The lowest BCUT2D eigenvalue weighted by Gasteiger charge is -2.15. The molecule has 0 spiro atoms. The van der Waals surface area contributed by atoms with E-state index in [1.807, 2.05) is 25.1 Å². The van der Waals surface area contributed by atoms with Gasteiger partial charge in [-0.2, -0.15) is 0 Å². The first-order valence-electron chi connectivity index (χ1n) is 7.65. The fraction of sp³-hybridized carbons (Fsp3) is 0.389. The third-order valence-corrected chi connectivity index (χ3v) is 3.90. The van der Waals surface area contributed by atoms with Crippen LogP contribution in [0.2, 0.25) is 0 Å². The lowest BCUT2D eigenvalue weighted by atomic mass is 9.99. The van der Waals surface area contributed by atoms with Crippen molar-refractivity contribution in [1.29, 1.82) is 0 Å². The SMILES string of the molecule is C=C/C=C(N)\N=C(/C)C[C@H]1CN(Cc2ccccc2)C[C@@H]1O. The van der Waals surface area contributed by atoms with Crippen LogP contribution in [0.3, 0.4) is 0 Å². The van der Waals surface area contributed by atoms with Gasteiger partial charge in [0.1, 0.15) is 5.82 Å². The molecule has 0 bridgehead atoms. The molecule has 2 atom stereocenters. The summed E-state index contributed by atoms with van der Waals surface area (Å²) in [6.45, 7) is 8.03. The summed E-state index contributed by atoms with van der Waals surface area (Å²) in [6, 6.07) is 10.3. The van der Waals surface area contributed by atoms with Crippen LogP contribution < -0.4 is 5.73 Å². The highest BCUT2D eigenvalue weighted by Crippen LogP contribution is 2.22. The second-order valence-corrected chi connectivity index (χ2v) is 5.89. The largest absolute Gasteiger partial charge is 0.391 e. The number of nitrogens with zero attached hydrogens (tertiary/aromatic N) is 2. The van der Waals surface area contributed by atoms with Crippen molar-refractivity contribution in [2.75, 3.05) is 13.1 Å². The minimum atomic E-state index is -0.307. The van der Waals surface area contributed by atoms with E-state index in [0.29, 0.717) is 12.4 Å². The normalized spacial score (nSPS) is 23.7. The maximum Gasteiger partial charge on any atom is 0.123 e. The minimum absolute atomic E-state index is 0.212. The zero-order valence-corrected chi connectivity index (χ0v) is 13.2. The van der Waals surface area contributed by atoms with Crippen molar-refractivity contribution in [1.82, 2.24) is 4.90 Å². The van der Waals surface area contributed by atoms with Crippen LogP contribution in [0.5, 0.6) is 0 Å². The first-order valence-corrected chi connectivity index (χ1v) is 7.65. The van der Waals surface area contributed by atoms with Gasteiger partial charge in [-0.25, -0.2) is 4.99 Å².